The van der Waals surface area contributed by atoms with Crippen LogP contribution in [-0.2, 0) is 20.9 Å². The number of benzene rings is 1. The lowest BCUT2D eigenvalue weighted by molar-refractivity contribution is -0.0547. The molecule has 0 aliphatic carbocycles. The van der Waals surface area contributed by atoms with Crippen molar-refractivity contribution in [3.63, 3.8) is 0 Å². The van der Waals surface area contributed by atoms with E-state index in [1.165, 1.54) is 12.1 Å². The van der Waals surface area contributed by atoms with E-state index in [-0.39, 0.29) is 12.4 Å². The summed E-state index contributed by atoms with van der Waals surface area (Å²) in [4.78, 5) is 0. The maximum atomic E-state index is 12.1. The number of ether oxygens (including phenoxy) is 2. The van der Waals surface area contributed by atoms with Gasteiger partial charge in [-0.3, -0.25) is 4.18 Å². The van der Waals surface area contributed by atoms with Gasteiger partial charge in [-0.15, -0.1) is 0 Å². The Morgan fingerprint density at radius 1 is 1.32 bits per heavy atom. The van der Waals surface area contributed by atoms with E-state index in [1.54, 1.807) is 0 Å². The van der Waals surface area contributed by atoms with Crippen molar-refractivity contribution in [3.05, 3.63) is 22.2 Å². The molecule has 19 heavy (non-hydrogen) atoms. The lowest BCUT2D eigenvalue weighted by Crippen LogP contribution is -2.25. The molecule has 10 heteroatoms. The summed E-state index contributed by atoms with van der Waals surface area (Å²) >= 11 is 3.13. The van der Waals surface area contributed by atoms with Gasteiger partial charge in [0.2, 0.25) is 6.79 Å². The molecule has 0 spiro atoms. The highest BCUT2D eigenvalue weighted by atomic mass is 79.9. The average Bonchev–Trinajstić information content (AvgIpc) is 2.73. The Kier molecular flexibility index (Phi) is 3.67. The van der Waals surface area contributed by atoms with Gasteiger partial charge in [0.25, 0.3) is 0 Å². The molecule has 1 aromatic carbocycles. The average molecular weight is 363 g/mol. The Labute approximate surface area is 114 Å². The molecule has 5 nitrogen and oxygen atoms in total. The molecule has 2 rings (SSSR count). The highest BCUT2D eigenvalue weighted by Crippen LogP contribution is 2.40. The third-order valence-corrected chi connectivity index (χ3v) is 3.74. The maximum absolute atomic E-state index is 12.1. The number of rotatable bonds is 3. The van der Waals surface area contributed by atoms with Crippen molar-refractivity contribution in [2.45, 2.75) is 12.1 Å². The second-order valence-electron chi connectivity index (χ2n) is 3.47. The first-order valence-corrected chi connectivity index (χ1v) is 6.94. The molecule has 0 radical (unpaired) electrons. The van der Waals surface area contributed by atoms with Crippen LogP contribution in [0.2, 0.25) is 0 Å². The molecule has 0 aromatic heterocycles. The Morgan fingerprint density at radius 2 is 2.00 bits per heavy atom. The quantitative estimate of drug-likeness (QED) is 0.610. The number of hydrogen-bond donors (Lipinski definition) is 0. The van der Waals surface area contributed by atoms with Crippen LogP contribution in [0.1, 0.15) is 5.56 Å². The van der Waals surface area contributed by atoms with E-state index in [0.717, 1.165) is 0 Å². The van der Waals surface area contributed by atoms with Crippen LogP contribution in [0.15, 0.2) is 16.6 Å². The Hall–Kier alpha value is -1.00. The van der Waals surface area contributed by atoms with Crippen LogP contribution >= 0.6 is 15.9 Å². The first-order valence-electron chi connectivity index (χ1n) is 4.74. The Morgan fingerprint density at radius 3 is 2.63 bits per heavy atom. The van der Waals surface area contributed by atoms with Crippen molar-refractivity contribution in [3.8, 4) is 11.5 Å². The first-order chi connectivity index (χ1) is 8.71. The summed E-state index contributed by atoms with van der Waals surface area (Å²) in [5.74, 6) is 0.708. The Bertz CT molecular complexity index is 599. The standard InChI is InChI=1S/C9H6BrF3O5S/c10-6-1-5(2-7-8(6)17-4-16-7)3-18-19(14,15)9(11,12)13/h1-2H,3-4H2. The van der Waals surface area contributed by atoms with Gasteiger partial charge in [0.1, 0.15) is 0 Å². The molecule has 0 saturated heterocycles. The minimum absolute atomic E-state index is 0.0148. The van der Waals surface area contributed by atoms with Crippen molar-refractivity contribution in [2.24, 2.45) is 0 Å². The molecule has 0 bridgehead atoms. The molecule has 0 N–H and O–H groups in total. The van der Waals surface area contributed by atoms with Crippen LogP contribution in [0, 0.1) is 0 Å². The van der Waals surface area contributed by atoms with Crippen LogP contribution < -0.4 is 9.47 Å². The summed E-state index contributed by atoms with van der Waals surface area (Å²) in [5, 5.41) is 0. The van der Waals surface area contributed by atoms with E-state index < -0.39 is 22.2 Å². The molecular weight excluding hydrogens is 357 g/mol. The summed E-state index contributed by atoms with van der Waals surface area (Å²) < 4.78 is 72.1. The summed E-state index contributed by atoms with van der Waals surface area (Å²) in [7, 11) is -5.61. The number of halogens is 4. The molecule has 1 aromatic rings. The third-order valence-electron chi connectivity index (χ3n) is 2.15. The van der Waals surface area contributed by atoms with Crippen LogP contribution in [-0.4, -0.2) is 20.7 Å². The fraction of sp³-hybridized carbons (Fsp3) is 0.333. The molecule has 1 aliphatic rings. The predicted octanol–water partition coefficient (Wildman–Crippen LogP) is 2.54. The van der Waals surface area contributed by atoms with Gasteiger partial charge in [-0.05, 0) is 33.6 Å². The lowest BCUT2D eigenvalue weighted by Gasteiger charge is -2.09. The van der Waals surface area contributed by atoms with Gasteiger partial charge in [0, 0.05) is 0 Å². The van der Waals surface area contributed by atoms with Crippen molar-refractivity contribution in [2.75, 3.05) is 6.79 Å². The summed E-state index contributed by atoms with van der Waals surface area (Å²) in [6, 6.07) is 2.73. The fourth-order valence-electron chi connectivity index (χ4n) is 1.32. The van der Waals surface area contributed by atoms with Gasteiger partial charge >= 0.3 is 15.6 Å². The van der Waals surface area contributed by atoms with Gasteiger partial charge < -0.3 is 9.47 Å². The summed E-state index contributed by atoms with van der Waals surface area (Å²) in [6.07, 6.45) is 0. The zero-order valence-corrected chi connectivity index (χ0v) is 11.4. The topological polar surface area (TPSA) is 61.8 Å². The minimum Gasteiger partial charge on any atom is -0.454 e. The van der Waals surface area contributed by atoms with Gasteiger partial charge in [0.15, 0.2) is 11.5 Å². The van der Waals surface area contributed by atoms with E-state index in [1.807, 2.05) is 0 Å². The van der Waals surface area contributed by atoms with E-state index in [0.29, 0.717) is 16.0 Å². The zero-order valence-electron chi connectivity index (χ0n) is 9.03. The molecule has 106 valence electrons. The van der Waals surface area contributed by atoms with Crippen LogP contribution in [0.25, 0.3) is 0 Å². The summed E-state index contributed by atoms with van der Waals surface area (Å²) in [5.41, 5.74) is -5.25. The predicted molar refractivity (Wildman–Crippen MR) is 60.0 cm³/mol. The zero-order chi connectivity index (χ0) is 14.3. The summed E-state index contributed by atoms with van der Waals surface area (Å²) in [6.45, 7) is -0.768. The fourth-order valence-corrected chi connectivity index (χ4v) is 2.35. The monoisotopic (exact) mass is 362 g/mol. The number of hydrogen-bond acceptors (Lipinski definition) is 5. The van der Waals surface area contributed by atoms with Gasteiger partial charge in [0.05, 0.1) is 11.1 Å². The van der Waals surface area contributed by atoms with Crippen LogP contribution in [0.5, 0.6) is 11.5 Å². The molecule has 0 atom stereocenters. The van der Waals surface area contributed by atoms with Crippen LogP contribution in [0.4, 0.5) is 13.2 Å². The molecule has 1 aliphatic heterocycles. The van der Waals surface area contributed by atoms with Crippen molar-refractivity contribution >= 4 is 26.0 Å². The van der Waals surface area contributed by atoms with Gasteiger partial charge in [-0.2, -0.15) is 21.6 Å². The molecule has 1 heterocycles. The largest absolute Gasteiger partial charge is 0.523 e. The van der Waals surface area contributed by atoms with E-state index >= 15 is 0 Å². The van der Waals surface area contributed by atoms with E-state index in [4.69, 9.17) is 9.47 Å². The van der Waals surface area contributed by atoms with Crippen molar-refractivity contribution in [1.82, 2.24) is 0 Å². The second kappa shape index (κ2) is 4.84. The minimum atomic E-state index is -5.61. The number of fused-ring (bicyclic) bond motifs is 1. The van der Waals surface area contributed by atoms with Crippen molar-refractivity contribution < 1.29 is 35.2 Å². The maximum Gasteiger partial charge on any atom is 0.523 e. The van der Waals surface area contributed by atoms with Crippen molar-refractivity contribution in [1.29, 1.82) is 0 Å². The SMILES string of the molecule is O=S(=O)(OCc1cc(Br)c2c(c1)OCO2)C(F)(F)F. The highest BCUT2D eigenvalue weighted by molar-refractivity contribution is 9.10. The molecule has 0 unspecified atom stereocenters. The van der Waals surface area contributed by atoms with Crippen LogP contribution in [0.3, 0.4) is 0 Å². The van der Waals surface area contributed by atoms with E-state index in [2.05, 4.69) is 20.1 Å². The smallest absolute Gasteiger partial charge is 0.454 e. The first kappa shape index (κ1) is 14.4. The molecule has 0 amide bonds. The second-order valence-corrected chi connectivity index (χ2v) is 5.93. The van der Waals surface area contributed by atoms with Gasteiger partial charge in [-0.25, -0.2) is 0 Å². The molecule has 0 fully saturated rings. The highest BCUT2D eigenvalue weighted by Gasteiger charge is 2.47. The number of alkyl halides is 3. The van der Waals surface area contributed by atoms with E-state index in [9.17, 15) is 21.6 Å². The Balaban J connectivity index is 2.16. The lowest BCUT2D eigenvalue weighted by atomic mass is 10.2. The molecular formula is C9H6BrF3O5S. The van der Waals surface area contributed by atoms with Gasteiger partial charge in [-0.1, -0.05) is 0 Å². The normalized spacial score (nSPS) is 14.7. The molecule has 0 saturated carbocycles. The third kappa shape index (κ3) is 2.95.